The molecule has 0 saturated carbocycles. The Morgan fingerprint density at radius 3 is 2.58 bits per heavy atom. The molecule has 0 radical (unpaired) electrons. The number of nitrogens with zero attached hydrogens (tertiary/aromatic N) is 3. The molecule has 0 aliphatic rings. The van der Waals surface area contributed by atoms with Gasteiger partial charge >= 0.3 is 0 Å². The number of aromatic nitrogens is 2. The van der Waals surface area contributed by atoms with Crippen molar-refractivity contribution >= 4 is 11.0 Å². The first kappa shape index (κ1) is 15.5. The summed E-state index contributed by atoms with van der Waals surface area (Å²) < 4.78 is 11.2. The Hall–Kier alpha value is -3.98. The van der Waals surface area contributed by atoms with Crippen LogP contribution < -0.4 is 10.2 Å². The van der Waals surface area contributed by atoms with Crippen LogP contribution in [-0.4, -0.2) is 10.2 Å². The van der Waals surface area contributed by atoms with E-state index in [-0.39, 0.29) is 17.0 Å². The van der Waals surface area contributed by atoms with Gasteiger partial charge in [-0.2, -0.15) is 5.26 Å². The zero-order chi connectivity index (χ0) is 17.9. The summed E-state index contributed by atoms with van der Waals surface area (Å²) in [6, 6.07) is 19.2. The maximum Gasteiger partial charge on any atom is 0.238 e. The second-order valence-corrected chi connectivity index (χ2v) is 5.47. The van der Waals surface area contributed by atoms with E-state index in [1.54, 1.807) is 24.3 Å². The topological polar surface area (TPSA) is 89.0 Å². The Kier molecular flexibility index (Phi) is 3.88. The molecule has 0 saturated heterocycles. The number of rotatable bonds is 3. The van der Waals surface area contributed by atoms with Crippen LogP contribution in [0.15, 0.2) is 76.1 Å². The molecule has 124 valence electrons. The fourth-order valence-electron chi connectivity index (χ4n) is 2.54. The van der Waals surface area contributed by atoms with Crippen LogP contribution in [0.2, 0.25) is 0 Å². The molecule has 0 aliphatic carbocycles. The summed E-state index contributed by atoms with van der Waals surface area (Å²) >= 11 is 0. The monoisotopic (exact) mass is 341 g/mol. The van der Waals surface area contributed by atoms with Gasteiger partial charge in [0.2, 0.25) is 5.88 Å². The fraction of sp³-hybridized carbons (Fsp3) is 0. The molecule has 0 spiro atoms. The third-order valence-corrected chi connectivity index (χ3v) is 3.81. The molecule has 4 aromatic rings. The summed E-state index contributed by atoms with van der Waals surface area (Å²) in [6.45, 7) is 0. The summed E-state index contributed by atoms with van der Waals surface area (Å²) in [5.74, 6) is 0.693. The molecule has 0 aliphatic heterocycles. The first-order chi connectivity index (χ1) is 12.7. The minimum Gasteiger partial charge on any atom is -0.463 e. The van der Waals surface area contributed by atoms with Crippen LogP contribution in [0.25, 0.3) is 22.1 Å². The van der Waals surface area contributed by atoms with Crippen LogP contribution in [0.1, 0.15) is 5.69 Å². The van der Waals surface area contributed by atoms with E-state index in [1.807, 2.05) is 36.4 Å². The largest absolute Gasteiger partial charge is 0.463 e. The van der Waals surface area contributed by atoms with Gasteiger partial charge < -0.3 is 9.15 Å². The molecule has 0 unspecified atom stereocenters. The van der Waals surface area contributed by atoms with Crippen molar-refractivity contribution in [2.24, 2.45) is 0 Å². The lowest BCUT2D eigenvalue weighted by atomic mass is 10.1. The number of hydrogen-bond donors (Lipinski definition) is 0. The molecular formula is C20H11N3O3. The normalized spacial score (nSPS) is 10.4. The summed E-state index contributed by atoms with van der Waals surface area (Å²) in [7, 11) is 0. The van der Waals surface area contributed by atoms with Gasteiger partial charge in [-0.15, -0.1) is 10.2 Å². The van der Waals surface area contributed by atoms with Gasteiger partial charge in [0, 0.05) is 12.1 Å². The van der Waals surface area contributed by atoms with E-state index in [2.05, 4.69) is 10.2 Å². The molecule has 2 heterocycles. The first-order valence-corrected chi connectivity index (χ1v) is 7.77. The molecule has 0 fully saturated rings. The molecule has 6 heteroatoms. The number of nitriles is 1. The van der Waals surface area contributed by atoms with Crippen LogP contribution in [0.5, 0.6) is 11.6 Å². The molecule has 0 atom stereocenters. The van der Waals surface area contributed by atoms with E-state index in [0.29, 0.717) is 22.3 Å². The highest BCUT2D eigenvalue weighted by atomic mass is 16.5. The highest BCUT2D eigenvalue weighted by Crippen LogP contribution is 2.25. The van der Waals surface area contributed by atoms with Crippen molar-refractivity contribution in [3.63, 3.8) is 0 Å². The third kappa shape index (κ3) is 2.89. The van der Waals surface area contributed by atoms with E-state index in [9.17, 15) is 4.79 Å². The van der Waals surface area contributed by atoms with Crippen molar-refractivity contribution in [2.45, 2.75) is 0 Å². The van der Waals surface area contributed by atoms with Crippen LogP contribution in [0, 0.1) is 11.3 Å². The Morgan fingerprint density at radius 1 is 1.00 bits per heavy atom. The molecule has 2 aromatic heterocycles. The lowest BCUT2D eigenvalue weighted by molar-refractivity contribution is 0.454. The predicted octanol–water partition coefficient (Wildman–Crippen LogP) is 3.91. The number of benzene rings is 2. The minimum atomic E-state index is -0.109. The van der Waals surface area contributed by atoms with Gasteiger partial charge in [-0.3, -0.25) is 4.79 Å². The van der Waals surface area contributed by atoms with Crippen molar-refractivity contribution in [1.82, 2.24) is 10.2 Å². The Morgan fingerprint density at radius 2 is 1.85 bits per heavy atom. The van der Waals surface area contributed by atoms with Crippen LogP contribution in [0.3, 0.4) is 0 Å². The van der Waals surface area contributed by atoms with Gasteiger partial charge in [-0.1, -0.05) is 30.3 Å². The Balaban J connectivity index is 1.70. The van der Waals surface area contributed by atoms with Crippen molar-refractivity contribution in [3.05, 3.63) is 82.8 Å². The number of fused-ring (bicyclic) bond motifs is 1. The molecule has 26 heavy (non-hydrogen) atoms. The van der Waals surface area contributed by atoms with Crippen molar-refractivity contribution < 1.29 is 9.15 Å². The quantitative estimate of drug-likeness (QED) is 0.561. The first-order valence-electron chi connectivity index (χ1n) is 7.77. The highest BCUT2D eigenvalue weighted by molar-refractivity contribution is 5.82. The van der Waals surface area contributed by atoms with Gasteiger partial charge in [0.05, 0.1) is 10.9 Å². The minimum absolute atomic E-state index is 0.109. The fourth-order valence-corrected chi connectivity index (χ4v) is 2.54. The average Bonchev–Trinajstić information content (AvgIpc) is 2.69. The van der Waals surface area contributed by atoms with Gasteiger partial charge in [0.25, 0.3) is 0 Å². The maximum absolute atomic E-state index is 12.7. The molecule has 0 amide bonds. The van der Waals surface area contributed by atoms with Crippen molar-refractivity contribution in [2.75, 3.05) is 0 Å². The molecule has 2 aromatic carbocycles. The standard InChI is InChI=1S/C20H11N3O3/c21-11-14-6-9-19(23-22-14)26-15-7-8-16-18(10-15)25-12-17(20(16)24)13-4-2-1-3-5-13/h1-10,12H. The van der Waals surface area contributed by atoms with E-state index in [0.717, 1.165) is 5.56 Å². The molecule has 0 bridgehead atoms. The number of ether oxygens (including phenoxy) is 1. The predicted molar refractivity (Wildman–Crippen MR) is 94.7 cm³/mol. The SMILES string of the molecule is N#Cc1ccc(Oc2ccc3c(=O)c(-c4ccccc4)coc3c2)nn1. The molecule has 4 rings (SSSR count). The number of hydrogen-bond acceptors (Lipinski definition) is 6. The molecule has 6 nitrogen and oxygen atoms in total. The van der Waals surface area contributed by atoms with Crippen LogP contribution in [-0.2, 0) is 0 Å². The average molecular weight is 341 g/mol. The summed E-state index contributed by atoms with van der Waals surface area (Å²) in [4.78, 5) is 12.7. The van der Waals surface area contributed by atoms with Gasteiger partial charge in [-0.25, -0.2) is 0 Å². The second kappa shape index (κ2) is 6.49. The van der Waals surface area contributed by atoms with Gasteiger partial charge in [0.1, 0.15) is 23.7 Å². The second-order valence-electron chi connectivity index (χ2n) is 5.47. The van der Waals surface area contributed by atoms with E-state index >= 15 is 0 Å². The Bertz CT molecular complexity index is 1180. The molecular weight excluding hydrogens is 330 g/mol. The van der Waals surface area contributed by atoms with E-state index in [1.165, 1.54) is 12.3 Å². The summed E-state index contributed by atoms with van der Waals surface area (Å²) in [5, 5.41) is 16.7. The zero-order valence-corrected chi connectivity index (χ0v) is 13.4. The van der Waals surface area contributed by atoms with Gasteiger partial charge in [0.15, 0.2) is 11.1 Å². The lowest BCUT2D eigenvalue weighted by Crippen LogP contribution is -2.04. The van der Waals surface area contributed by atoms with Crippen LogP contribution >= 0.6 is 0 Å². The lowest BCUT2D eigenvalue weighted by Gasteiger charge is -2.06. The maximum atomic E-state index is 12.7. The van der Waals surface area contributed by atoms with Crippen molar-refractivity contribution in [3.8, 4) is 28.8 Å². The van der Waals surface area contributed by atoms with E-state index < -0.39 is 0 Å². The zero-order valence-electron chi connectivity index (χ0n) is 13.4. The van der Waals surface area contributed by atoms with E-state index in [4.69, 9.17) is 14.4 Å². The smallest absolute Gasteiger partial charge is 0.238 e. The summed E-state index contributed by atoms with van der Waals surface area (Å²) in [6.07, 6.45) is 1.45. The Labute approximate surface area is 147 Å². The molecule has 0 N–H and O–H groups in total. The van der Waals surface area contributed by atoms with Crippen molar-refractivity contribution in [1.29, 1.82) is 5.26 Å². The van der Waals surface area contributed by atoms with Gasteiger partial charge in [-0.05, 0) is 23.8 Å². The van der Waals surface area contributed by atoms with Crippen LogP contribution in [0.4, 0.5) is 0 Å². The third-order valence-electron chi connectivity index (χ3n) is 3.81. The summed E-state index contributed by atoms with van der Waals surface area (Å²) in [5.41, 5.74) is 1.81. The highest BCUT2D eigenvalue weighted by Gasteiger charge is 2.10.